The maximum Gasteiger partial charge on any atom is 0.422 e. The number of benzene rings is 2. The Morgan fingerprint density at radius 1 is 0.663 bits per heavy atom. The van der Waals surface area contributed by atoms with Crippen LogP contribution in [0.1, 0.15) is 141 Å². The predicted molar refractivity (Wildman–Crippen MR) is 360 cm³/mol. The summed E-state index contributed by atoms with van der Waals surface area (Å²) in [7, 11) is 7.34. The lowest BCUT2D eigenvalue weighted by molar-refractivity contribution is -0.159. The van der Waals surface area contributed by atoms with Crippen molar-refractivity contribution in [2.24, 2.45) is 11.8 Å². The minimum atomic E-state index is -5.47. The topological polar surface area (TPSA) is 296 Å². The first-order chi connectivity index (χ1) is 48.7. The molecule has 2 aromatic rings. The van der Waals surface area contributed by atoms with Crippen molar-refractivity contribution in [3.05, 3.63) is 82.4 Å². The third kappa shape index (κ3) is 19.8. The number of aryl methyl sites for hydroxylation is 1. The molecule has 11 amide bonds. The quantitative estimate of drug-likeness (QED) is 0.137. The van der Waals surface area contributed by atoms with Gasteiger partial charge in [-0.05, 0) is 106 Å². The Hall–Kier alpha value is -8.78. The van der Waals surface area contributed by atoms with Gasteiger partial charge in [0.2, 0.25) is 65.0 Å². The van der Waals surface area contributed by atoms with Crippen LogP contribution in [0.5, 0.6) is 0 Å². The van der Waals surface area contributed by atoms with E-state index in [0.29, 0.717) is 25.0 Å². The van der Waals surface area contributed by atoms with Gasteiger partial charge in [0.25, 0.3) is 0 Å². The van der Waals surface area contributed by atoms with E-state index in [-0.39, 0.29) is 76.6 Å². The minimum Gasteiger partial charge on any atom is -0.480 e. The van der Waals surface area contributed by atoms with Gasteiger partial charge in [0.15, 0.2) is 0 Å². The fraction of sp³-hybridized carbons (Fsp3) is 0.634. The molecule has 0 aromatic heterocycles. The van der Waals surface area contributed by atoms with Gasteiger partial charge in [-0.15, -0.1) is 0 Å². The largest absolute Gasteiger partial charge is 0.480 e. The average molecular weight is 1480 g/mol. The highest BCUT2D eigenvalue weighted by Gasteiger charge is 2.53. The summed E-state index contributed by atoms with van der Waals surface area (Å²) in [5, 5.41) is 18.8. The zero-order chi connectivity index (χ0) is 77.8. The van der Waals surface area contributed by atoms with Gasteiger partial charge in [-0.25, -0.2) is 13.6 Å². The molecule has 6 rings (SSSR count). The lowest BCUT2D eigenvalue weighted by Gasteiger charge is -2.47. The highest BCUT2D eigenvalue weighted by atomic mass is 19.4. The van der Waals surface area contributed by atoms with E-state index in [4.69, 9.17) is 4.74 Å². The fourth-order valence-corrected chi connectivity index (χ4v) is 14.0. The van der Waals surface area contributed by atoms with Crippen molar-refractivity contribution in [1.29, 1.82) is 0 Å². The molecular weight excluding hydrogens is 1380 g/mol. The van der Waals surface area contributed by atoms with Crippen LogP contribution in [0.15, 0.2) is 48.6 Å². The van der Waals surface area contributed by atoms with E-state index in [2.05, 4.69) is 16.0 Å². The Morgan fingerprint density at radius 2 is 1.28 bits per heavy atom. The predicted octanol–water partition coefficient (Wildman–Crippen LogP) is 5.34. The van der Waals surface area contributed by atoms with E-state index in [1.165, 1.54) is 28.2 Å². The molecule has 0 radical (unpaired) electrons. The summed E-state index contributed by atoms with van der Waals surface area (Å²) in [6.45, 7) is 7.76. The van der Waals surface area contributed by atoms with Gasteiger partial charge in [0.1, 0.15) is 71.1 Å². The standard InChI is InChI=1S/C71H97F8N11O14/c1-13-40(6)58-65(99)84(8)39-56(93)86(10)50-22-19-18-20-31-89(64(50)98)52(34-41-23-26-44(27-24-41)70(74,75)76)63(97)83(7)38-54(91)80-48(28-25-42-32-46(72)57(47(73)33-42)71(77,78)79)62(96)90-37-45(104-17-5)35-51(90)61(95)82-69(29-21-30-69)68(103)88(12)59(43(14-2)15-3)66(100)87(11)53(67(101)102)36-55(92)85(9)49(16-4)60(94)81-58/h18-19,23-24,26-27,32-33,40,43,45,48-53,58-59H,13-17,20-22,25,28-31,34-39H2,1-12H3,(H,80,91)(H,81,94)(H,82,95)(H,101,102)/b19-18-/t40-,45+,48-,49-,50-,51-,52-,53-,58-,59-/m0/s1. The Bertz CT molecular complexity index is 3490. The Balaban J connectivity index is 1.49. The molecule has 1 aliphatic carbocycles. The molecule has 2 bridgehead atoms. The van der Waals surface area contributed by atoms with Crippen LogP contribution in [0.4, 0.5) is 35.1 Å². The van der Waals surface area contributed by atoms with Gasteiger partial charge >= 0.3 is 18.3 Å². The number of aliphatic carboxylic acids is 1. The van der Waals surface area contributed by atoms with E-state index in [0.717, 1.165) is 77.6 Å². The molecule has 1 spiro atoms. The van der Waals surface area contributed by atoms with Crippen LogP contribution in [0, 0.1) is 23.5 Å². The summed E-state index contributed by atoms with van der Waals surface area (Å²) < 4.78 is 119. The highest BCUT2D eigenvalue weighted by molar-refractivity contribution is 6.01. The molecule has 2 saturated heterocycles. The van der Waals surface area contributed by atoms with Gasteiger partial charge in [-0.2, -0.15) is 26.3 Å². The average Bonchev–Trinajstić information content (AvgIpc) is 1.16. The van der Waals surface area contributed by atoms with E-state index in [1.807, 2.05) is 0 Å². The molecule has 1 saturated carbocycles. The Labute approximate surface area is 599 Å². The number of carboxylic acid groups (broad SMARTS) is 1. The van der Waals surface area contributed by atoms with Crippen molar-refractivity contribution in [2.75, 3.05) is 75.1 Å². The van der Waals surface area contributed by atoms with Gasteiger partial charge in [0, 0.05) is 74.8 Å². The molecule has 10 atom stereocenters. The third-order valence-corrected chi connectivity index (χ3v) is 20.6. The summed E-state index contributed by atoms with van der Waals surface area (Å²) in [4.78, 5) is 185. The fourth-order valence-electron chi connectivity index (χ4n) is 14.0. The smallest absolute Gasteiger partial charge is 0.422 e. The first-order valence-electron chi connectivity index (χ1n) is 35.0. The number of carbonyl (C=O) groups excluding carboxylic acids is 11. The SMILES string of the molecule is CCO[C@@H]1C[C@H]2C(=O)NC3(CCC3)C(=O)N(C)[C@@H](C(CC)CC)C(=O)N(C)[C@H](C(=O)O)CC(=O)N(C)[C@@H](CC)C(=O)N[C@@H]([C@@H](C)CC)C(=O)N(C)CC(=O)N(C)[C@H]3C/C=C\CCN(C3=O)[C@@H](Cc3ccc(C(F)(F)F)cc3)C(=O)N(C)CC(=O)N[C@@H](CCc3cc(F)c(C(F)(F)F)c(F)c3)C(=O)N2C1. The van der Waals surface area contributed by atoms with Gasteiger partial charge < -0.3 is 65.0 Å². The number of likely N-dealkylation sites (N-methyl/N-ethyl adjacent to an activating group) is 6. The number of fused-ring (bicyclic) bond motifs is 3. The molecule has 4 N–H and O–H groups in total. The number of nitrogens with zero attached hydrogens (tertiary/aromatic N) is 8. The summed E-state index contributed by atoms with van der Waals surface area (Å²) in [6, 6.07) is -8.07. The number of hydrogen-bond acceptors (Lipinski definition) is 13. The van der Waals surface area contributed by atoms with Crippen molar-refractivity contribution in [3.8, 4) is 0 Å². The molecule has 3 fully saturated rings. The van der Waals surface area contributed by atoms with E-state index >= 15 is 37.5 Å². The van der Waals surface area contributed by atoms with Crippen molar-refractivity contribution < 1.29 is 103 Å². The summed E-state index contributed by atoms with van der Waals surface area (Å²) in [6.07, 6.45) is -9.83. The van der Waals surface area contributed by atoms with Crippen molar-refractivity contribution in [1.82, 2.24) is 55.1 Å². The minimum absolute atomic E-state index is 0.0124. The molecule has 3 heterocycles. The lowest BCUT2D eigenvalue weighted by atomic mass is 9.74. The van der Waals surface area contributed by atoms with E-state index in [1.54, 1.807) is 53.7 Å². The van der Waals surface area contributed by atoms with Crippen molar-refractivity contribution >= 4 is 70.9 Å². The van der Waals surface area contributed by atoms with Crippen molar-refractivity contribution in [3.63, 3.8) is 0 Å². The normalized spacial score (nSPS) is 25.7. The molecular formula is C71H97F8N11O14. The summed E-state index contributed by atoms with van der Waals surface area (Å²) in [5.41, 5.74) is -5.34. The maximum absolute atomic E-state index is 15.4. The summed E-state index contributed by atoms with van der Waals surface area (Å²) >= 11 is 0. The number of rotatable bonds is 14. The molecule has 0 unspecified atom stereocenters. The molecule has 2 aromatic carbocycles. The highest BCUT2D eigenvalue weighted by Crippen LogP contribution is 2.38. The van der Waals surface area contributed by atoms with Crippen molar-refractivity contribution in [2.45, 2.75) is 204 Å². The Kier molecular flexibility index (Phi) is 29.0. The lowest BCUT2D eigenvalue weighted by Crippen LogP contribution is -2.68. The van der Waals surface area contributed by atoms with Crippen LogP contribution >= 0.6 is 0 Å². The second kappa shape index (κ2) is 35.8. The van der Waals surface area contributed by atoms with E-state index in [9.17, 15) is 60.2 Å². The van der Waals surface area contributed by atoms with Crippen LogP contribution in [0.2, 0.25) is 0 Å². The molecule has 4 aliphatic rings. The molecule has 33 heteroatoms. The number of alkyl halides is 6. The van der Waals surface area contributed by atoms with Crippen LogP contribution in [0.3, 0.4) is 0 Å². The number of ether oxygens (including phenoxy) is 1. The van der Waals surface area contributed by atoms with Gasteiger partial charge in [-0.1, -0.05) is 78.2 Å². The Morgan fingerprint density at radius 3 is 1.82 bits per heavy atom. The molecule has 3 aliphatic heterocycles. The number of amides is 11. The second-order valence-corrected chi connectivity index (χ2v) is 27.4. The molecule has 576 valence electrons. The number of carboxylic acids is 1. The zero-order valence-electron chi connectivity index (χ0n) is 60.8. The first kappa shape index (κ1) is 84.2. The van der Waals surface area contributed by atoms with Crippen LogP contribution in [-0.2, 0) is 87.5 Å². The third-order valence-electron chi connectivity index (χ3n) is 20.6. The second-order valence-electron chi connectivity index (χ2n) is 27.4. The number of carbonyl (C=O) groups is 12. The summed E-state index contributed by atoms with van der Waals surface area (Å²) in [5.74, 6) is -17.0. The monoisotopic (exact) mass is 1480 g/mol. The molecule has 25 nitrogen and oxygen atoms in total. The van der Waals surface area contributed by atoms with Crippen LogP contribution in [-0.4, -0.2) is 250 Å². The van der Waals surface area contributed by atoms with Crippen LogP contribution < -0.4 is 16.0 Å². The zero-order valence-corrected chi connectivity index (χ0v) is 60.8. The van der Waals surface area contributed by atoms with Gasteiger partial charge in [-0.3, -0.25) is 52.7 Å². The first-order valence-corrected chi connectivity index (χ1v) is 35.0. The van der Waals surface area contributed by atoms with Crippen LogP contribution in [0.25, 0.3) is 0 Å². The van der Waals surface area contributed by atoms with E-state index < -0.39 is 222 Å². The number of hydrogen-bond donors (Lipinski definition) is 4. The number of halogens is 8. The van der Waals surface area contributed by atoms with Gasteiger partial charge in [0.05, 0.1) is 31.2 Å². The molecule has 104 heavy (non-hydrogen) atoms. The number of nitrogens with one attached hydrogen (secondary N) is 3. The maximum atomic E-state index is 15.4.